The van der Waals surface area contributed by atoms with Crippen LogP contribution in [-0.4, -0.2) is 31.2 Å². The van der Waals surface area contributed by atoms with E-state index in [1.165, 1.54) is 18.2 Å². The molecule has 0 bridgehead atoms. The Hall–Kier alpha value is -1.51. The molecule has 0 aromatic heterocycles. The summed E-state index contributed by atoms with van der Waals surface area (Å²) >= 11 is 0. The largest absolute Gasteiger partial charge is 0.453 e. The highest BCUT2D eigenvalue weighted by atomic mass is 16.5. The number of carbonyl (C=O) groups is 1. The van der Waals surface area contributed by atoms with Crippen molar-refractivity contribution in [1.82, 2.24) is 4.90 Å². The quantitative estimate of drug-likeness (QED) is 0.763. The molecule has 1 aromatic rings. The van der Waals surface area contributed by atoms with Gasteiger partial charge in [0.1, 0.15) is 0 Å². The van der Waals surface area contributed by atoms with E-state index in [2.05, 4.69) is 49.8 Å². The number of hydrogen-bond donors (Lipinski definition) is 0. The Balaban J connectivity index is 1.99. The maximum atomic E-state index is 11.3. The zero-order chi connectivity index (χ0) is 13.3. The van der Waals surface area contributed by atoms with Crippen LogP contribution in [0, 0.1) is 0 Å². The van der Waals surface area contributed by atoms with Gasteiger partial charge in [-0.25, -0.2) is 4.79 Å². The van der Waals surface area contributed by atoms with Crippen molar-refractivity contribution in [3.05, 3.63) is 35.4 Å². The summed E-state index contributed by atoms with van der Waals surface area (Å²) in [6.07, 6.45) is -0.224. The molecule has 0 unspecified atom stereocenters. The molecule has 0 saturated carbocycles. The summed E-state index contributed by atoms with van der Waals surface area (Å²) in [5.74, 6) is 0.457. The van der Waals surface area contributed by atoms with Gasteiger partial charge >= 0.3 is 6.09 Å². The van der Waals surface area contributed by atoms with Gasteiger partial charge in [-0.2, -0.15) is 0 Å². The average molecular weight is 247 g/mol. The highest BCUT2D eigenvalue weighted by Gasteiger charge is 2.32. The van der Waals surface area contributed by atoms with Crippen LogP contribution < -0.4 is 0 Å². The Morgan fingerprint density at radius 1 is 1.22 bits per heavy atom. The third-order valence-corrected chi connectivity index (χ3v) is 3.56. The number of likely N-dealkylation sites (tertiary alicyclic amines) is 1. The van der Waals surface area contributed by atoms with E-state index in [1.54, 1.807) is 4.90 Å². The molecule has 0 atom stereocenters. The Labute approximate surface area is 109 Å². The number of rotatable bonds is 1. The fraction of sp³-hybridized carbons (Fsp3) is 0.533. The van der Waals surface area contributed by atoms with Crippen LogP contribution in [0.5, 0.6) is 0 Å². The normalized spacial score (nSPS) is 16.3. The van der Waals surface area contributed by atoms with E-state index in [0.717, 1.165) is 13.1 Å². The van der Waals surface area contributed by atoms with Crippen LogP contribution in [0.2, 0.25) is 0 Å². The Kier molecular flexibility index (Phi) is 3.33. The van der Waals surface area contributed by atoms with Crippen molar-refractivity contribution in [2.45, 2.75) is 32.1 Å². The molecule has 98 valence electrons. The molecule has 0 aliphatic carbocycles. The van der Waals surface area contributed by atoms with Crippen molar-refractivity contribution in [2.24, 2.45) is 0 Å². The SMILES string of the molecule is COC(=O)N1CC(c2ccc(C(C)(C)C)cc2)C1. The van der Waals surface area contributed by atoms with Gasteiger partial charge in [0.15, 0.2) is 0 Å². The number of nitrogens with zero attached hydrogens (tertiary/aromatic N) is 1. The predicted molar refractivity (Wildman–Crippen MR) is 71.9 cm³/mol. The first-order chi connectivity index (χ1) is 8.41. The Bertz CT molecular complexity index is 425. The van der Waals surface area contributed by atoms with E-state index < -0.39 is 0 Å². The van der Waals surface area contributed by atoms with Gasteiger partial charge in [0.05, 0.1) is 7.11 Å². The van der Waals surface area contributed by atoms with Crippen LogP contribution in [0.1, 0.15) is 37.8 Å². The second kappa shape index (κ2) is 4.63. The van der Waals surface area contributed by atoms with E-state index in [9.17, 15) is 4.79 Å². The van der Waals surface area contributed by atoms with Crippen LogP contribution in [0.3, 0.4) is 0 Å². The van der Waals surface area contributed by atoms with Crippen LogP contribution in [-0.2, 0) is 10.2 Å². The van der Waals surface area contributed by atoms with Crippen LogP contribution >= 0.6 is 0 Å². The van der Waals surface area contributed by atoms with Gasteiger partial charge in [0.2, 0.25) is 0 Å². The van der Waals surface area contributed by atoms with E-state index in [-0.39, 0.29) is 11.5 Å². The van der Waals surface area contributed by atoms with Crippen LogP contribution in [0.15, 0.2) is 24.3 Å². The molecular formula is C15H21NO2. The Morgan fingerprint density at radius 2 is 1.78 bits per heavy atom. The monoisotopic (exact) mass is 247 g/mol. The summed E-state index contributed by atoms with van der Waals surface area (Å²) in [5, 5.41) is 0. The average Bonchev–Trinajstić information content (AvgIpc) is 2.26. The molecule has 0 spiro atoms. The summed E-state index contributed by atoms with van der Waals surface area (Å²) in [7, 11) is 1.42. The lowest BCUT2D eigenvalue weighted by atomic mass is 9.84. The van der Waals surface area contributed by atoms with Crippen molar-refractivity contribution in [3.8, 4) is 0 Å². The molecule has 1 aromatic carbocycles. The smallest absolute Gasteiger partial charge is 0.409 e. The molecule has 0 radical (unpaired) electrons. The fourth-order valence-corrected chi connectivity index (χ4v) is 2.22. The fourth-order valence-electron chi connectivity index (χ4n) is 2.22. The van der Waals surface area contributed by atoms with Crippen molar-refractivity contribution < 1.29 is 9.53 Å². The van der Waals surface area contributed by atoms with Gasteiger partial charge in [-0.15, -0.1) is 0 Å². The number of carbonyl (C=O) groups excluding carboxylic acids is 1. The summed E-state index contributed by atoms with van der Waals surface area (Å²) in [4.78, 5) is 13.0. The molecule has 3 heteroatoms. The van der Waals surface area contributed by atoms with Crippen LogP contribution in [0.25, 0.3) is 0 Å². The summed E-state index contributed by atoms with van der Waals surface area (Å²) in [6, 6.07) is 8.74. The molecule has 1 saturated heterocycles. The predicted octanol–water partition coefficient (Wildman–Crippen LogP) is 3.15. The zero-order valence-corrected chi connectivity index (χ0v) is 11.6. The summed E-state index contributed by atoms with van der Waals surface area (Å²) < 4.78 is 4.69. The van der Waals surface area contributed by atoms with Gasteiger partial charge in [-0.05, 0) is 16.5 Å². The number of amides is 1. The second-order valence-corrected chi connectivity index (χ2v) is 5.94. The maximum Gasteiger partial charge on any atom is 0.409 e. The molecule has 1 fully saturated rings. The maximum absolute atomic E-state index is 11.3. The zero-order valence-electron chi connectivity index (χ0n) is 11.6. The second-order valence-electron chi connectivity index (χ2n) is 5.94. The van der Waals surface area contributed by atoms with E-state index in [0.29, 0.717) is 5.92 Å². The van der Waals surface area contributed by atoms with Gasteiger partial charge in [0.25, 0.3) is 0 Å². The molecule has 1 heterocycles. The first-order valence-corrected chi connectivity index (χ1v) is 6.35. The first-order valence-electron chi connectivity index (χ1n) is 6.35. The van der Waals surface area contributed by atoms with Gasteiger partial charge in [0, 0.05) is 19.0 Å². The minimum absolute atomic E-state index is 0.191. The van der Waals surface area contributed by atoms with E-state index >= 15 is 0 Å². The van der Waals surface area contributed by atoms with Crippen LogP contribution in [0.4, 0.5) is 4.79 Å². The summed E-state index contributed by atoms with van der Waals surface area (Å²) in [6.45, 7) is 8.17. The topological polar surface area (TPSA) is 29.5 Å². The third kappa shape index (κ3) is 2.50. The molecule has 3 nitrogen and oxygen atoms in total. The minimum atomic E-state index is -0.224. The van der Waals surface area contributed by atoms with Gasteiger partial charge in [-0.3, -0.25) is 0 Å². The molecule has 1 aliphatic heterocycles. The van der Waals surface area contributed by atoms with Crippen molar-refractivity contribution in [1.29, 1.82) is 0 Å². The summed E-state index contributed by atoms with van der Waals surface area (Å²) in [5.41, 5.74) is 2.84. The van der Waals surface area contributed by atoms with E-state index in [4.69, 9.17) is 0 Å². The lowest BCUT2D eigenvalue weighted by molar-refractivity contribution is 0.0881. The number of methoxy groups -OCH3 is 1. The lowest BCUT2D eigenvalue weighted by Crippen LogP contribution is -2.48. The first kappa shape index (κ1) is 12.9. The number of benzene rings is 1. The Morgan fingerprint density at radius 3 is 2.22 bits per heavy atom. The molecule has 18 heavy (non-hydrogen) atoms. The van der Waals surface area contributed by atoms with Crippen molar-refractivity contribution in [3.63, 3.8) is 0 Å². The molecule has 0 N–H and O–H groups in total. The van der Waals surface area contributed by atoms with Gasteiger partial charge in [-0.1, -0.05) is 45.0 Å². The lowest BCUT2D eigenvalue weighted by Gasteiger charge is -2.38. The van der Waals surface area contributed by atoms with Gasteiger partial charge < -0.3 is 9.64 Å². The molecule has 1 aliphatic rings. The molecule has 2 rings (SSSR count). The minimum Gasteiger partial charge on any atom is -0.453 e. The number of hydrogen-bond acceptors (Lipinski definition) is 2. The number of ether oxygens (including phenoxy) is 1. The molecule has 1 amide bonds. The standard InChI is InChI=1S/C15H21NO2/c1-15(2,3)13-7-5-11(6-8-13)12-9-16(10-12)14(17)18-4/h5-8,12H,9-10H2,1-4H3. The highest BCUT2D eigenvalue weighted by molar-refractivity contribution is 5.68. The van der Waals surface area contributed by atoms with Crippen molar-refractivity contribution >= 4 is 6.09 Å². The van der Waals surface area contributed by atoms with Crippen molar-refractivity contribution in [2.75, 3.05) is 20.2 Å². The third-order valence-electron chi connectivity index (χ3n) is 3.56. The molecular weight excluding hydrogens is 226 g/mol. The van der Waals surface area contributed by atoms with E-state index in [1.807, 2.05) is 0 Å². The highest BCUT2D eigenvalue weighted by Crippen LogP contribution is 2.29.